The molecule has 0 bridgehead atoms. The van der Waals surface area contributed by atoms with E-state index in [-0.39, 0.29) is 5.82 Å². The van der Waals surface area contributed by atoms with Gasteiger partial charge in [0.2, 0.25) is 0 Å². The van der Waals surface area contributed by atoms with Crippen molar-refractivity contribution in [2.45, 2.75) is 0 Å². The number of hydrogen-bond donors (Lipinski definition) is 0. The van der Waals surface area contributed by atoms with E-state index in [4.69, 9.17) is 11.6 Å². The van der Waals surface area contributed by atoms with Gasteiger partial charge in [-0.1, -0.05) is 47.1 Å². The fourth-order valence-corrected chi connectivity index (χ4v) is 2.26. The Labute approximate surface area is 120 Å². The second kappa shape index (κ2) is 5.43. The van der Waals surface area contributed by atoms with Crippen molar-refractivity contribution >= 4 is 11.6 Å². The van der Waals surface area contributed by atoms with Crippen LogP contribution in [0.25, 0.3) is 11.1 Å². The molecular formula is C15H10ClFN3. The Morgan fingerprint density at radius 1 is 1.10 bits per heavy atom. The highest BCUT2D eigenvalue weighted by Crippen LogP contribution is 2.33. The summed E-state index contributed by atoms with van der Waals surface area (Å²) < 4.78 is 15.7. The van der Waals surface area contributed by atoms with E-state index >= 15 is 0 Å². The maximum Gasteiger partial charge on any atom is 0.131 e. The van der Waals surface area contributed by atoms with Crippen LogP contribution in [0.1, 0.15) is 5.56 Å². The molecule has 0 saturated carbocycles. The Morgan fingerprint density at radius 2 is 1.95 bits per heavy atom. The molecule has 0 spiro atoms. The quantitative estimate of drug-likeness (QED) is 0.733. The fraction of sp³-hybridized carbons (Fsp3) is 0. The van der Waals surface area contributed by atoms with Crippen molar-refractivity contribution in [3.05, 3.63) is 77.8 Å². The topological polar surface area (TPSA) is 30.7 Å². The largest absolute Gasteiger partial charge is 0.243 e. The molecule has 0 aliphatic rings. The zero-order valence-corrected chi connectivity index (χ0v) is 11.1. The Bertz CT molecular complexity index is 726. The summed E-state index contributed by atoms with van der Waals surface area (Å²) in [6, 6.07) is 12.0. The van der Waals surface area contributed by atoms with E-state index in [2.05, 4.69) is 10.3 Å². The maximum absolute atomic E-state index is 14.2. The van der Waals surface area contributed by atoms with E-state index in [0.29, 0.717) is 21.7 Å². The third-order valence-electron chi connectivity index (χ3n) is 2.90. The molecule has 0 amide bonds. The number of rotatable bonds is 3. The summed E-state index contributed by atoms with van der Waals surface area (Å²) in [7, 11) is 0. The van der Waals surface area contributed by atoms with Crippen molar-refractivity contribution in [1.29, 1.82) is 0 Å². The Morgan fingerprint density at radius 3 is 2.70 bits per heavy atom. The van der Waals surface area contributed by atoms with Gasteiger partial charge in [0.05, 0.1) is 6.20 Å². The third kappa shape index (κ3) is 2.42. The van der Waals surface area contributed by atoms with Gasteiger partial charge in [-0.05, 0) is 17.7 Å². The molecule has 2 aromatic carbocycles. The zero-order valence-electron chi connectivity index (χ0n) is 10.4. The highest BCUT2D eigenvalue weighted by Gasteiger charge is 2.14. The third-order valence-corrected chi connectivity index (χ3v) is 3.23. The number of halogens is 2. The molecule has 3 rings (SSSR count). The molecule has 1 aromatic heterocycles. The van der Waals surface area contributed by atoms with Crippen LogP contribution in [0.15, 0.2) is 54.9 Å². The second-order valence-corrected chi connectivity index (χ2v) is 4.60. The van der Waals surface area contributed by atoms with Crippen LogP contribution in [0.3, 0.4) is 0 Å². The van der Waals surface area contributed by atoms with Gasteiger partial charge in [-0.3, -0.25) is 0 Å². The van der Waals surface area contributed by atoms with Crippen LogP contribution < -0.4 is 0 Å². The van der Waals surface area contributed by atoms with Crippen molar-refractivity contribution in [3.8, 4) is 11.1 Å². The van der Waals surface area contributed by atoms with E-state index in [1.807, 2.05) is 18.2 Å². The minimum absolute atomic E-state index is 0.327. The molecule has 0 saturated heterocycles. The van der Waals surface area contributed by atoms with Gasteiger partial charge in [-0.25, -0.2) is 9.07 Å². The first-order valence-electron chi connectivity index (χ1n) is 6.00. The van der Waals surface area contributed by atoms with Gasteiger partial charge in [0, 0.05) is 22.3 Å². The first-order chi connectivity index (χ1) is 9.75. The van der Waals surface area contributed by atoms with Crippen molar-refractivity contribution in [2.75, 3.05) is 0 Å². The summed E-state index contributed by atoms with van der Waals surface area (Å²) in [5.41, 5.74) is 1.79. The normalized spacial score (nSPS) is 10.7. The molecule has 0 fully saturated rings. The molecule has 3 nitrogen and oxygen atoms in total. The van der Waals surface area contributed by atoms with Crippen molar-refractivity contribution < 1.29 is 4.39 Å². The lowest BCUT2D eigenvalue weighted by Crippen LogP contribution is -2.01. The molecule has 99 valence electrons. The molecule has 0 aliphatic heterocycles. The van der Waals surface area contributed by atoms with Crippen LogP contribution in [0, 0.1) is 12.4 Å². The second-order valence-electron chi connectivity index (χ2n) is 4.20. The van der Waals surface area contributed by atoms with Crippen molar-refractivity contribution in [3.63, 3.8) is 0 Å². The molecule has 20 heavy (non-hydrogen) atoms. The standard InChI is InChI=1S/C15H10ClFN3/c16-13-6-2-1-5-12(13)15-11(4-3-7-14(15)17)10-20-9-8-18-19-20/h1-10H. The van der Waals surface area contributed by atoms with Gasteiger partial charge < -0.3 is 0 Å². The highest BCUT2D eigenvalue weighted by molar-refractivity contribution is 6.33. The first kappa shape index (κ1) is 12.8. The lowest BCUT2D eigenvalue weighted by Gasteiger charge is -2.11. The van der Waals surface area contributed by atoms with Gasteiger partial charge >= 0.3 is 0 Å². The lowest BCUT2D eigenvalue weighted by molar-refractivity contribution is 0.629. The summed E-state index contributed by atoms with van der Waals surface area (Å²) in [4.78, 5) is 0. The molecular weight excluding hydrogens is 277 g/mol. The molecule has 0 aliphatic carbocycles. The van der Waals surface area contributed by atoms with E-state index in [1.165, 1.54) is 10.7 Å². The minimum Gasteiger partial charge on any atom is -0.243 e. The van der Waals surface area contributed by atoms with Crippen LogP contribution in [0.5, 0.6) is 0 Å². The zero-order chi connectivity index (χ0) is 13.9. The van der Waals surface area contributed by atoms with E-state index in [1.54, 1.807) is 37.1 Å². The number of benzene rings is 2. The monoisotopic (exact) mass is 286 g/mol. The van der Waals surface area contributed by atoms with E-state index in [9.17, 15) is 4.39 Å². The molecule has 0 N–H and O–H groups in total. The Balaban J connectivity index is 2.12. The van der Waals surface area contributed by atoms with Gasteiger partial charge in [-0.15, -0.1) is 5.10 Å². The van der Waals surface area contributed by atoms with E-state index < -0.39 is 0 Å². The van der Waals surface area contributed by atoms with Crippen LogP contribution in [0.2, 0.25) is 5.02 Å². The molecule has 0 atom stereocenters. The van der Waals surface area contributed by atoms with Crippen molar-refractivity contribution in [2.24, 2.45) is 0 Å². The lowest BCUT2D eigenvalue weighted by atomic mass is 9.99. The summed E-state index contributed by atoms with van der Waals surface area (Å²) in [6.07, 6.45) is 3.24. The average Bonchev–Trinajstić information content (AvgIpc) is 2.93. The first-order valence-corrected chi connectivity index (χ1v) is 6.37. The summed E-state index contributed by atoms with van der Waals surface area (Å²) in [5, 5.41) is 8.08. The minimum atomic E-state index is -0.327. The molecule has 5 heteroatoms. The molecule has 0 unspecified atom stereocenters. The van der Waals surface area contributed by atoms with Gasteiger partial charge in [0.25, 0.3) is 0 Å². The van der Waals surface area contributed by atoms with Crippen LogP contribution in [-0.4, -0.2) is 15.0 Å². The fourth-order valence-electron chi connectivity index (χ4n) is 2.03. The summed E-state index contributed by atoms with van der Waals surface area (Å²) >= 11 is 6.17. The Hall–Kier alpha value is -2.20. The van der Waals surface area contributed by atoms with Crippen LogP contribution in [0.4, 0.5) is 4.39 Å². The van der Waals surface area contributed by atoms with Gasteiger partial charge in [-0.2, -0.15) is 0 Å². The van der Waals surface area contributed by atoms with Gasteiger partial charge in [0.1, 0.15) is 12.4 Å². The predicted octanol–water partition coefficient (Wildman–Crippen LogP) is 3.80. The summed E-state index contributed by atoms with van der Waals surface area (Å²) in [5.74, 6) is -0.327. The SMILES string of the molecule is Fc1cccc([CH]n2ccnn2)c1-c1ccccc1Cl. The van der Waals surface area contributed by atoms with Crippen molar-refractivity contribution in [1.82, 2.24) is 15.0 Å². The predicted molar refractivity (Wildman–Crippen MR) is 75.7 cm³/mol. The van der Waals surface area contributed by atoms with E-state index in [0.717, 1.165) is 0 Å². The van der Waals surface area contributed by atoms with Crippen LogP contribution >= 0.6 is 11.6 Å². The number of nitrogens with zero attached hydrogens (tertiary/aromatic N) is 3. The van der Waals surface area contributed by atoms with Crippen LogP contribution in [-0.2, 0) is 0 Å². The molecule has 1 radical (unpaired) electrons. The molecule has 3 aromatic rings. The van der Waals surface area contributed by atoms with Gasteiger partial charge in [0.15, 0.2) is 0 Å². The molecule has 1 heterocycles. The number of hydrogen-bond acceptors (Lipinski definition) is 2. The maximum atomic E-state index is 14.2. The smallest absolute Gasteiger partial charge is 0.131 e. The number of aromatic nitrogens is 3. The average molecular weight is 287 g/mol. The summed E-state index contributed by atoms with van der Waals surface area (Å²) in [6.45, 7) is 1.70. The Kier molecular flexibility index (Phi) is 3.48. The highest BCUT2D eigenvalue weighted by atomic mass is 35.5.